The Morgan fingerprint density at radius 1 is 0.914 bits per heavy atom. The van der Waals surface area contributed by atoms with Crippen LogP contribution in [0.15, 0.2) is 61.1 Å². The van der Waals surface area contributed by atoms with Crippen LogP contribution in [0.4, 0.5) is 5.82 Å². The van der Waals surface area contributed by atoms with E-state index in [1.807, 2.05) is 18.3 Å². The SMILES string of the molecule is Cc1nn(-c2ccccc2)c(N2CCCCC2)c1CN1CCc2nc(-c3ccncc3)ncc2C1. The molecule has 2 aliphatic heterocycles. The average molecular weight is 466 g/mol. The fourth-order valence-corrected chi connectivity index (χ4v) is 5.29. The van der Waals surface area contributed by atoms with Crippen molar-refractivity contribution in [1.29, 1.82) is 0 Å². The van der Waals surface area contributed by atoms with Gasteiger partial charge < -0.3 is 4.90 Å². The number of anilines is 1. The molecule has 1 saturated heterocycles. The van der Waals surface area contributed by atoms with Crippen LogP contribution in [0.25, 0.3) is 17.1 Å². The summed E-state index contributed by atoms with van der Waals surface area (Å²) in [7, 11) is 0. The van der Waals surface area contributed by atoms with E-state index in [9.17, 15) is 0 Å². The summed E-state index contributed by atoms with van der Waals surface area (Å²) in [5.74, 6) is 2.05. The minimum Gasteiger partial charge on any atom is -0.356 e. The van der Waals surface area contributed by atoms with Gasteiger partial charge in [-0.1, -0.05) is 18.2 Å². The Balaban J connectivity index is 1.28. The van der Waals surface area contributed by atoms with Crippen molar-refractivity contribution < 1.29 is 0 Å². The number of hydrogen-bond donors (Lipinski definition) is 0. The molecule has 2 aliphatic rings. The molecule has 0 unspecified atom stereocenters. The molecule has 7 heteroatoms. The number of aromatic nitrogens is 5. The molecule has 1 aromatic carbocycles. The fourth-order valence-electron chi connectivity index (χ4n) is 5.29. The quantitative estimate of drug-likeness (QED) is 0.430. The molecule has 6 rings (SSSR count). The Morgan fingerprint density at radius 2 is 1.71 bits per heavy atom. The molecule has 1 fully saturated rings. The summed E-state index contributed by atoms with van der Waals surface area (Å²) in [6.45, 7) is 7.08. The normalized spacial score (nSPS) is 16.3. The largest absolute Gasteiger partial charge is 0.356 e. The van der Waals surface area contributed by atoms with Gasteiger partial charge in [0.05, 0.1) is 17.1 Å². The van der Waals surface area contributed by atoms with Crippen molar-refractivity contribution in [3.05, 3.63) is 83.6 Å². The van der Waals surface area contributed by atoms with Crippen LogP contribution in [0.1, 0.15) is 41.8 Å². The maximum Gasteiger partial charge on any atom is 0.159 e. The first-order valence-corrected chi connectivity index (χ1v) is 12.6. The van der Waals surface area contributed by atoms with Crippen LogP contribution in [-0.2, 0) is 19.5 Å². The standard InChI is InChI=1S/C28H31N7/c1-21-25(28(34-15-6-3-7-16-34)35(32-21)24-8-4-2-5-9-24)20-33-17-12-26-23(19-33)18-30-27(31-26)22-10-13-29-14-11-22/h2,4-5,8-11,13-14,18H,3,6-7,12,15-17,19-20H2,1H3. The Hall–Kier alpha value is -3.58. The summed E-state index contributed by atoms with van der Waals surface area (Å²) in [6, 6.07) is 14.5. The first kappa shape index (κ1) is 21.9. The van der Waals surface area contributed by atoms with Gasteiger partial charge in [-0.3, -0.25) is 9.88 Å². The lowest BCUT2D eigenvalue weighted by molar-refractivity contribution is 0.242. The zero-order valence-corrected chi connectivity index (χ0v) is 20.3. The molecule has 178 valence electrons. The first-order valence-electron chi connectivity index (χ1n) is 12.6. The monoisotopic (exact) mass is 465 g/mol. The van der Waals surface area contributed by atoms with Crippen molar-refractivity contribution in [2.24, 2.45) is 0 Å². The van der Waals surface area contributed by atoms with Crippen LogP contribution in [-0.4, -0.2) is 49.3 Å². The highest BCUT2D eigenvalue weighted by atomic mass is 15.4. The number of aryl methyl sites for hydroxylation is 1. The molecule has 3 aromatic heterocycles. The van der Waals surface area contributed by atoms with Crippen molar-refractivity contribution in [3.63, 3.8) is 0 Å². The Morgan fingerprint density at radius 3 is 2.51 bits per heavy atom. The highest BCUT2D eigenvalue weighted by molar-refractivity contribution is 5.56. The van der Waals surface area contributed by atoms with Crippen LogP contribution in [0.5, 0.6) is 0 Å². The van der Waals surface area contributed by atoms with Gasteiger partial charge in [0.1, 0.15) is 5.82 Å². The molecule has 0 aliphatic carbocycles. The van der Waals surface area contributed by atoms with E-state index in [-0.39, 0.29) is 0 Å². The van der Waals surface area contributed by atoms with Crippen molar-refractivity contribution in [2.45, 2.75) is 45.7 Å². The maximum absolute atomic E-state index is 5.03. The zero-order valence-electron chi connectivity index (χ0n) is 20.3. The molecule has 0 radical (unpaired) electrons. The van der Waals surface area contributed by atoms with E-state index in [0.717, 1.165) is 67.6 Å². The van der Waals surface area contributed by atoms with Crippen molar-refractivity contribution >= 4 is 5.82 Å². The minimum atomic E-state index is 0.784. The van der Waals surface area contributed by atoms with Gasteiger partial charge in [-0.25, -0.2) is 14.6 Å². The van der Waals surface area contributed by atoms with E-state index in [1.165, 1.54) is 36.2 Å². The molecule has 35 heavy (non-hydrogen) atoms. The Kier molecular flexibility index (Phi) is 6.00. The van der Waals surface area contributed by atoms with E-state index in [0.29, 0.717) is 0 Å². The average Bonchev–Trinajstić information content (AvgIpc) is 3.25. The molecular weight excluding hydrogens is 434 g/mol. The third kappa shape index (κ3) is 4.44. The summed E-state index contributed by atoms with van der Waals surface area (Å²) >= 11 is 0. The third-order valence-corrected chi connectivity index (χ3v) is 7.15. The molecule has 0 N–H and O–H groups in total. The number of para-hydroxylation sites is 1. The number of rotatable bonds is 5. The molecule has 0 bridgehead atoms. The molecule has 4 aromatic rings. The summed E-state index contributed by atoms with van der Waals surface area (Å²) in [5.41, 5.74) is 6.99. The van der Waals surface area contributed by atoms with Crippen LogP contribution >= 0.6 is 0 Å². The van der Waals surface area contributed by atoms with Gasteiger partial charge in [0.15, 0.2) is 5.82 Å². The molecular formula is C28H31N7. The van der Waals surface area contributed by atoms with Crippen LogP contribution in [0, 0.1) is 6.92 Å². The second-order valence-electron chi connectivity index (χ2n) is 9.54. The fraction of sp³-hybridized carbons (Fsp3) is 0.357. The zero-order chi connectivity index (χ0) is 23.6. The van der Waals surface area contributed by atoms with Crippen LogP contribution < -0.4 is 4.90 Å². The van der Waals surface area contributed by atoms with E-state index in [4.69, 9.17) is 10.1 Å². The number of benzene rings is 1. The molecule has 0 atom stereocenters. The maximum atomic E-state index is 5.03. The van der Waals surface area contributed by atoms with Gasteiger partial charge in [0, 0.05) is 74.4 Å². The van der Waals surface area contributed by atoms with E-state index < -0.39 is 0 Å². The van der Waals surface area contributed by atoms with Gasteiger partial charge in [-0.2, -0.15) is 5.10 Å². The van der Waals surface area contributed by atoms with Crippen molar-refractivity contribution in [3.8, 4) is 17.1 Å². The number of fused-ring (bicyclic) bond motifs is 1. The highest BCUT2D eigenvalue weighted by Gasteiger charge is 2.26. The van der Waals surface area contributed by atoms with Gasteiger partial charge in [0.25, 0.3) is 0 Å². The smallest absolute Gasteiger partial charge is 0.159 e. The van der Waals surface area contributed by atoms with E-state index in [1.54, 1.807) is 12.4 Å². The van der Waals surface area contributed by atoms with Crippen LogP contribution in [0.3, 0.4) is 0 Å². The summed E-state index contributed by atoms with van der Waals surface area (Å²) < 4.78 is 2.16. The minimum absolute atomic E-state index is 0.784. The summed E-state index contributed by atoms with van der Waals surface area (Å²) in [6.07, 6.45) is 10.3. The first-order chi connectivity index (χ1) is 17.3. The molecule has 5 heterocycles. The van der Waals surface area contributed by atoms with Crippen molar-refractivity contribution in [1.82, 2.24) is 29.6 Å². The lowest BCUT2D eigenvalue weighted by Gasteiger charge is -2.32. The number of nitrogens with zero attached hydrogens (tertiary/aromatic N) is 7. The van der Waals surface area contributed by atoms with Gasteiger partial charge in [-0.05, 0) is 50.5 Å². The van der Waals surface area contributed by atoms with Crippen LogP contribution in [0.2, 0.25) is 0 Å². The number of hydrogen-bond acceptors (Lipinski definition) is 6. The predicted octanol–water partition coefficient (Wildman–Crippen LogP) is 4.58. The lowest BCUT2D eigenvalue weighted by Crippen LogP contribution is -2.34. The molecule has 7 nitrogen and oxygen atoms in total. The molecule has 0 spiro atoms. The lowest BCUT2D eigenvalue weighted by atomic mass is 10.1. The Labute approximate surface area is 206 Å². The number of pyridine rings is 1. The van der Waals surface area contributed by atoms with Gasteiger partial charge in [-0.15, -0.1) is 0 Å². The predicted molar refractivity (Wildman–Crippen MR) is 137 cm³/mol. The van der Waals surface area contributed by atoms with Gasteiger partial charge in [0.2, 0.25) is 0 Å². The number of piperidine rings is 1. The van der Waals surface area contributed by atoms with E-state index in [2.05, 4.69) is 61.7 Å². The highest BCUT2D eigenvalue weighted by Crippen LogP contribution is 2.32. The second kappa shape index (κ2) is 9.58. The van der Waals surface area contributed by atoms with E-state index >= 15 is 0 Å². The molecule has 0 saturated carbocycles. The summed E-state index contributed by atoms with van der Waals surface area (Å²) in [4.78, 5) is 18.7. The van der Waals surface area contributed by atoms with Gasteiger partial charge >= 0.3 is 0 Å². The topological polar surface area (TPSA) is 63.0 Å². The molecule has 0 amide bonds. The Bertz CT molecular complexity index is 1290. The van der Waals surface area contributed by atoms with Crippen molar-refractivity contribution in [2.75, 3.05) is 24.5 Å². The second-order valence-corrected chi connectivity index (χ2v) is 9.54. The summed E-state index contributed by atoms with van der Waals surface area (Å²) in [5, 5.41) is 5.03. The third-order valence-electron chi connectivity index (χ3n) is 7.15.